The highest BCUT2D eigenvalue weighted by molar-refractivity contribution is 5.69. The molecule has 20 heavy (non-hydrogen) atoms. The van der Waals surface area contributed by atoms with Crippen LogP contribution >= 0.6 is 0 Å². The number of hydrogen-bond donors (Lipinski definition) is 2. The SMILES string of the molecule is COc1ccc(C)cc1Nc1ccc(N)c(CC#N)c1. The smallest absolute Gasteiger partial charge is 0.142 e. The Labute approximate surface area is 118 Å². The zero-order valence-corrected chi connectivity index (χ0v) is 11.6. The van der Waals surface area contributed by atoms with Gasteiger partial charge in [0.15, 0.2) is 0 Å². The van der Waals surface area contributed by atoms with Crippen LogP contribution in [0.3, 0.4) is 0 Å². The van der Waals surface area contributed by atoms with Crippen LogP contribution in [-0.4, -0.2) is 7.11 Å². The molecule has 4 nitrogen and oxygen atoms in total. The van der Waals surface area contributed by atoms with E-state index in [9.17, 15) is 0 Å². The number of nitrogens with zero attached hydrogens (tertiary/aromatic N) is 1. The number of anilines is 3. The Morgan fingerprint density at radius 2 is 2.05 bits per heavy atom. The average Bonchev–Trinajstić information content (AvgIpc) is 2.43. The molecular formula is C16H17N3O. The summed E-state index contributed by atoms with van der Waals surface area (Å²) in [7, 11) is 1.64. The molecular weight excluding hydrogens is 250 g/mol. The van der Waals surface area contributed by atoms with Crippen LogP contribution in [0, 0.1) is 18.3 Å². The highest BCUT2D eigenvalue weighted by Gasteiger charge is 2.05. The fourth-order valence-corrected chi connectivity index (χ4v) is 2.00. The van der Waals surface area contributed by atoms with Gasteiger partial charge >= 0.3 is 0 Å². The van der Waals surface area contributed by atoms with Crippen molar-refractivity contribution in [3.05, 3.63) is 47.5 Å². The van der Waals surface area contributed by atoms with E-state index in [0.717, 1.165) is 28.3 Å². The summed E-state index contributed by atoms with van der Waals surface area (Å²) in [5, 5.41) is 12.1. The van der Waals surface area contributed by atoms with E-state index in [1.54, 1.807) is 13.2 Å². The number of nitrogens with one attached hydrogen (secondary N) is 1. The third kappa shape index (κ3) is 3.01. The van der Waals surface area contributed by atoms with Crippen molar-refractivity contribution in [2.24, 2.45) is 0 Å². The highest BCUT2D eigenvalue weighted by atomic mass is 16.5. The van der Waals surface area contributed by atoms with E-state index in [-0.39, 0.29) is 0 Å². The minimum absolute atomic E-state index is 0.298. The summed E-state index contributed by atoms with van der Waals surface area (Å²) in [6, 6.07) is 13.6. The highest BCUT2D eigenvalue weighted by Crippen LogP contribution is 2.29. The third-order valence-electron chi connectivity index (χ3n) is 3.05. The van der Waals surface area contributed by atoms with Crippen LogP contribution in [0.25, 0.3) is 0 Å². The first-order chi connectivity index (χ1) is 9.63. The van der Waals surface area contributed by atoms with Crippen LogP contribution in [0.5, 0.6) is 5.75 Å². The lowest BCUT2D eigenvalue weighted by molar-refractivity contribution is 0.416. The van der Waals surface area contributed by atoms with Crippen LogP contribution in [0.2, 0.25) is 0 Å². The zero-order chi connectivity index (χ0) is 14.5. The number of nitriles is 1. The largest absolute Gasteiger partial charge is 0.495 e. The summed E-state index contributed by atoms with van der Waals surface area (Å²) in [6.07, 6.45) is 0.298. The second-order valence-electron chi connectivity index (χ2n) is 4.58. The Balaban J connectivity index is 2.33. The first-order valence-corrected chi connectivity index (χ1v) is 6.31. The molecule has 0 saturated heterocycles. The van der Waals surface area contributed by atoms with Gasteiger partial charge in [-0.15, -0.1) is 0 Å². The molecule has 102 valence electrons. The van der Waals surface area contributed by atoms with Gasteiger partial charge in [0, 0.05) is 11.4 Å². The van der Waals surface area contributed by atoms with Crippen molar-refractivity contribution in [1.82, 2.24) is 0 Å². The minimum Gasteiger partial charge on any atom is -0.495 e. The third-order valence-corrected chi connectivity index (χ3v) is 3.05. The predicted molar refractivity (Wildman–Crippen MR) is 81.2 cm³/mol. The molecule has 0 aromatic heterocycles. The summed E-state index contributed by atoms with van der Waals surface area (Å²) in [4.78, 5) is 0. The van der Waals surface area contributed by atoms with Gasteiger partial charge in [-0.25, -0.2) is 0 Å². The molecule has 0 radical (unpaired) electrons. The summed E-state index contributed by atoms with van der Waals surface area (Å²) in [5.41, 5.74) is 10.2. The lowest BCUT2D eigenvalue weighted by Gasteiger charge is -2.13. The summed E-state index contributed by atoms with van der Waals surface area (Å²) >= 11 is 0. The van der Waals surface area contributed by atoms with Crippen molar-refractivity contribution in [1.29, 1.82) is 5.26 Å². The Hall–Kier alpha value is -2.67. The number of benzene rings is 2. The number of nitrogen functional groups attached to an aromatic ring is 1. The Morgan fingerprint density at radius 3 is 2.75 bits per heavy atom. The maximum atomic E-state index is 8.80. The van der Waals surface area contributed by atoms with E-state index in [4.69, 9.17) is 15.7 Å². The predicted octanol–water partition coefficient (Wildman–Crippen LogP) is 3.40. The van der Waals surface area contributed by atoms with E-state index in [1.807, 2.05) is 37.3 Å². The Bertz CT molecular complexity index is 659. The van der Waals surface area contributed by atoms with Gasteiger partial charge in [0.1, 0.15) is 5.75 Å². The van der Waals surface area contributed by atoms with Crippen molar-refractivity contribution in [2.75, 3.05) is 18.2 Å². The lowest BCUT2D eigenvalue weighted by atomic mass is 10.1. The van der Waals surface area contributed by atoms with Crippen LogP contribution in [0.15, 0.2) is 36.4 Å². The summed E-state index contributed by atoms with van der Waals surface area (Å²) < 4.78 is 5.33. The number of aryl methyl sites for hydroxylation is 1. The molecule has 0 aliphatic rings. The van der Waals surface area contributed by atoms with Crippen molar-refractivity contribution < 1.29 is 4.74 Å². The monoisotopic (exact) mass is 267 g/mol. The van der Waals surface area contributed by atoms with Crippen LogP contribution < -0.4 is 15.8 Å². The standard InChI is InChI=1S/C16H17N3O/c1-11-3-6-16(20-2)15(9-11)19-13-4-5-14(18)12(10-13)7-8-17/h3-6,9-10,19H,7,18H2,1-2H3. The van der Waals surface area contributed by atoms with Crippen molar-refractivity contribution in [3.8, 4) is 11.8 Å². The van der Waals surface area contributed by atoms with Gasteiger partial charge in [0.05, 0.1) is 25.3 Å². The molecule has 0 aliphatic carbocycles. The van der Waals surface area contributed by atoms with Crippen LogP contribution in [-0.2, 0) is 6.42 Å². The van der Waals surface area contributed by atoms with Crippen LogP contribution in [0.4, 0.5) is 17.1 Å². The van der Waals surface area contributed by atoms with E-state index >= 15 is 0 Å². The summed E-state index contributed by atoms with van der Waals surface area (Å²) in [5.74, 6) is 0.772. The lowest BCUT2D eigenvalue weighted by Crippen LogP contribution is -1.98. The van der Waals surface area contributed by atoms with Crippen molar-refractivity contribution in [3.63, 3.8) is 0 Å². The van der Waals surface area contributed by atoms with Crippen molar-refractivity contribution >= 4 is 17.1 Å². The number of nitrogens with two attached hydrogens (primary N) is 1. The second-order valence-corrected chi connectivity index (χ2v) is 4.58. The molecule has 0 atom stereocenters. The van der Waals surface area contributed by atoms with E-state index < -0.39 is 0 Å². The molecule has 0 saturated carbocycles. The molecule has 2 aromatic rings. The van der Waals surface area contributed by atoms with E-state index in [1.165, 1.54) is 0 Å². The molecule has 0 bridgehead atoms. The molecule has 0 heterocycles. The topological polar surface area (TPSA) is 71.1 Å². The molecule has 0 aliphatic heterocycles. The van der Waals surface area contributed by atoms with Gasteiger partial charge in [-0.3, -0.25) is 0 Å². The number of rotatable bonds is 4. The molecule has 2 aromatic carbocycles. The fraction of sp³-hybridized carbons (Fsp3) is 0.188. The van der Waals surface area contributed by atoms with Gasteiger partial charge in [0.2, 0.25) is 0 Å². The van der Waals surface area contributed by atoms with Gasteiger partial charge in [-0.1, -0.05) is 6.07 Å². The van der Waals surface area contributed by atoms with Gasteiger partial charge < -0.3 is 15.8 Å². The second kappa shape index (κ2) is 5.98. The Morgan fingerprint density at radius 1 is 1.25 bits per heavy atom. The minimum atomic E-state index is 0.298. The first-order valence-electron chi connectivity index (χ1n) is 6.31. The number of hydrogen-bond acceptors (Lipinski definition) is 4. The maximum absolute atomic E-state index is 8.80. The fourth-order valence-electron chi connectivity index (χ4n) is 2.00. The first kappa shape index (κ1) is 13.8. The van der Waals surface area contributed by atoms with Crippen LogP contribution in [0.1, 0.15) is 11.1 Å². The van der Waals surface area contributed by atoms with E-state index in [0.29, 0.717) is 12.1 Å². The van der Waals surface area contributed by atoms with Crippen molar-refractivity contribution in [2.45, 2.75) is 13.3 Å². The number of ether oxygens (including phenoxy) is 1. The van der Waals surface area contributed by atoms with Gasteiger partial charge in [-0.2, -0.15) is 5.26 Å². The molecule has 4 heteroatoms. The average molecular weight is 267 g/mol. The quantitative estimate of drug-likeness (QED) is 0.833. The number of methoxy groups -OCH3 is 1. The molecule has 2 rings (SSSR count). The van der Waals surface area contributed by atoms with Gasteiger partial charge in [-0.05, 0) is 48.4 Å². The molecule has 0 unspecified atom stereocenters. The Kier molecular flexibility index (Phi) is 4.11. The van der Waals surface area contributed by atoms with Gasteiger partial charge in [0.25, 0.3) is 0 Å². The molecule has 0 spiro atoms. The normalized spacial score (nSPS) is 9.85. The zero-order valence-electron chi connectivity index (χ0n) is 11.6. The molecule has 0 fully saturated rings. The molecule has 3 N–H and O–H groups in total. The summed E-state index contributed by atoms with van der Waals surface area (Å²) in [6.45, 7) is 2.02. The van der Waals surface area contributed by atoms with E-state index in [2.05, 4.69) is 11.4 Å². The molecule has 0 amide bonds. The maximum Gasteiger partial charge on any atom is 0.142 e.